The molecule has 3 aromatic rings. The molecule has 4 rings (SSSR count). The van der Waals surface area contributed by atoms with E-state index in [1.807, 2.05) is 24.3 Å². The highest BCUT2D eigenvalue weighted by Crippen LogP contribution is 2.31. The van der Waals surface area contributed by atoms with Gasteiger partial charge in [0.1, 0.15) is 11.6 Å². The van der Waals surface area contributed by atoms with E-state index in [0.29, 0.717) is 11.3 Å². The van der Waals surface area contributed by atoms with Gasteiger partial charge in [-0.05, 0) is 67.8 Å². The van der Waals surface area contributed by atoms with Crippen molar-refractivity contribution in [2.45, 2.75) is 26.2 Å². The van der Waals surface area contributed by atoms with Crippen molar-refractivity contribution < 1.29 is 18.4 Å². The normalized spacial score (nSPS) is 14.0. The van der Waals surface area contributed by atoms with Gasteiger partial charge >= 0.3 is 0 Å². The molecule has 5 nitrogen and oxygen atoms in total. The van der Waals surface area contributed by atoms with Crippen molar-refractivity contribution in [2.24, 2.45) is 0 Å². The lowest BCUT2D eigenvalue weighted by Crippen LogP contribution is -2.29. The Bertz CT molecular complexity index is 1180. The molecule has 2 heterocycles. The van der Waals surface area contributed by atoms with Crippen LogP contribution in [0.3, 0.4) is 0 Å². The van der Waals surface area contributed by atoms with Crippen LogP contribution in [-0.2, 0) is 4.79 Å². The number of ketones is 1. The molecule has 0 bridgehead atoms. The van der Waals surface area contributed by atoms with Gasteiger partial charge in [-0.15, -0.1) is 11.3 Å². The number of carbonyl (C=O) groups excluding carboxylic acids is 2. The first-order valence-electron chi connectivity index (χ1n) is 10.7. The second-order valence-electron chi connectivity index (χ2n) is 7.80. The molecule has 1 aliphatic rings. The highest BCUT2D eigenvalue weighted by Gasteiger charge is 2.21. The molecular weight excluding hydrogens is 444 g/mol. The fourth-order valence-electron chi connectivity index (χ4n) is 3.77. The number of halogens is 2. The van der Waals surface area contributed by atoms with Crippen LogP contribution in [0.2, 0.25) is 0 Å². The van der Waals surface area contributed by atoms with E-state index in [0.717, 1.165) is 47.1 Å². The van der Waals surface area contributed by atoms with Gasteiger partial charge in [-0.2, -0.15) is 0 Å². The summed E-state index contributed by atoms with van der Waals surface area (Å²) >= 11 is 1.12. The van der Waals surface area contributed by atoms with E-state index in [2.05, 4.69) is 9.88 Å². The maximum atomic E-state index is 14.2. The summed E-state index contributed by atoms with van der Waals surface area (Å²) in [5, 5.41) is 1.89. The van der Waals surface area contributed by atoms with Gasteiger partial charge in [0, 0.05) is 42.7 Å². The maximum Gasteiger partial charge on any atom is 0.230 e. The standard InChI is InChI=1S/C25H23F2N3O2S/c1-17(31)30(23-11-7-19(26)15-22(23)27)25-28-20(16-33-25)8-12-24(32)18-5-9-21(10-6-18)29-13-3-2-4-14-29/h5-12,15-16H,2-4,13-14H2,1H3/b12-8+. The number of allylic oxidation sites excluding steroid dienone is 1. The Morgan fingerprint density at radius 1 is 1.06 bits per heavy atom. The summed E-state index contributed by atoms with van der Waals surface area (Å²) in [5.41, 5.74) is 2.07. The van der Waals surface area contributed by atoms with Crippen LogP contribution in [0, 0.1) is 11.6 Å². The summed E-state index contributed by atoms with van der Waals surface area (Å²) in [5.74, 6) is -2.22. The Labute approximate surface area is 195 Å². The molecule has 0 spiro atoms. The van der Waals surface area contributed by atoms with Gasteiger partial charge in [0.15, 0.2) is 10.9 Å². The number of rotatable bonds is 6. The number of anilines is 3. The summed E-state index contributed by atoms with van der Waals surface area (Å²) in [6.07, 6.45) is 6.62. The molecule has 1 aromatic heterocycles. The lowest BCUT2D eigenvalue weighted by Gasteiger charge is -2.28. The molecular formula is C25H23F2N3O2S. The number of hydrogen-bond donors (Lipinski definition) is 0. The lowest BCUT2D eigenvalue weighted by molar-refractivity contribution is -0.115. The van der Waals surface area contributed by atoms with Crippen LogP contribution in [0.1, 0.15) is 42.2 Å². The first-order chi connectivity index (χ1) is 15.9. The number of benzene rings is 2. The topological polar surface area (TPSA) is 53.5 Å². The van der Waals surface area contributed by atoms with Gasteiger partial charge in [-0.25, -0.2) is 13.8 Å². The quantitative estimate of drug-likeness (QED) is 0.330. The predicted octanol–water partition coefficient (Wildman–Crippen LogP) is 5.99. The third-order valence-corrected chi connectivity index (χ3v) is 6.29. The Morgan fingerprint density at radius 3 is 2.45 bits per heavy atom. The van der Waals surface area contributed by atoms with E-state index < -0.39 is 17.5 Å². The first kappa shape index (κ1) is 22.8. The summed E-state index contributed by atoms with van der Waals surface area (Å²) in [6, 6.07) is 10.6. The number of piperidine rings is 1. The smallest absolute Gasteiger partial charge is 0.230 e. The van der Waals surface area contributed by atoms with E-state index in [9.17, 15) is 18.4 Å². The summed E-state index contributed by atoms with van der Waals surface area (Å²) < 4.78 is 27.5. The number of hydrogen-bond acceptors (Lipinski definition) is 5. The predicted molar refractivity (Wildman–Crippen MR) is 127 cm³/mol. The molecule has 1 amide bonds. The van der Waals surface area contributed by atoms with Crippen molar-refractivity contribution in [3.63, 3.8) is 0 Å². The lowest BCUT2D eigenvalue weighted by atomic mass is 10.1. The molecule has 170 valence electrons. The fraction of sp³-hybridized carbons (Fsp3) is 0.240. The zero-order valence-electron chi connectivity index (χ0n) is 18.1. The van der Waals surface area contributed by atoms with Gasteiger partial charge in [-0.3, -0.25) is 14.5 Å². The molecule has 2 aromatic carbocycles. The van der Waals surface area contributed by atoms with Crippen LogP contribution >= 0.6 is 11.3 Å². The molecule has 8 heteroatoms. The molecule has 0 unspecified atom stereocenters. The Balaban J connectivity index is 1.47. The summed E-state index contributed by atoms with van der Waals surface area (Å²) in [7, 11) is 0. The van der Waals surface area contributed by atoms with E-state index in [1.165, 1.54) is 38.3 Å². The van der Waals surface area contributed by atoms with Crippen LogP contribution in [0.5, 0.6) is 0 Å². The zero-order chi connectivity index (χ0) is 23.4. The van der Waals surface area contributed by atoms with Crippen LogP contribution in [0.25, 0.3) is 6.08 Å². The monoisotopic (exact) mass is 467 g/mol. The van der Waals surface area contributed by atoms with E-state index in [-0.39, 0.29) is 16.6 Å². The third kappa shape index (κ3) is 5.34. The molecule has 0 radical (unpaired) electrons. The number of aromatic nitrogens is 1. The number of nitrogens with zero attached hydrogens (tertiary/aromatic N) is 3. The maximum absolute atomic E-state index is 14.2. The highest BCUT2D eigenvalue weighted by atomic mass is 32.1. The van der Waals surface area contributed by atoms with E-state index in [1.54, 1.807) is 11.5 Å². The summed E-state index contributed by atoms with van der Waals surface area (Å²) in [6.45, 7) is 3.35. The molecule has 1 aliphatic heterocycles. The van der Waals surface area contributed by atoms with Crippen LogP contribution in [-0.4, -0.2) is 29.8 Å². The molecule has 1 fully saturated rings. The minimum atomic E-state index is -0.860. The van der Waals surface area contributed by atoms with Gasteiger partial charge in [0.2, 0.25) is 5.91 Å². The highest BCUT2D eigenvalue weighted by molar-refractivity contribution is 7.14. The van der Waals surface area contributed by atoms with Gasteiger partial charge in [-0.1, -0.05) is 0 Å². The van der Waals surface area contributed by atoms with Gasteiger partial charge in [0.25, 0.3) is 0 Å². The Morgan fingerprint density at radius 2 is 1.79 bits per heavy atom. The van der Waals surface area contributed by atoms with Crippen LogP contribution < -0.4 is 9.80 Å². The second kappa shape index (κ2) is 10.0. The van der Waals surface area contributed by atoms with E-state index in [4.69, 9.17) is 0 Å². The molecule has 0 aliphatic carbocycles. The van der Waals surface area contributed by atoms with Crippen molar-refractivity contribution in [2.75, 3.05) is 22.9 Å². The molecule has 0 atom stereocenters. The average Bonchev–Trinajstić information content (AvgIpc) is 3.28. The average molecular weight is 468 g/mol. The molecule has 33 heavy (non-hydrogen) atoms. The minimum absolute atomic E-state index is 0.0846. The minimum Gasteiger partial charge on any atom is -0.372 e. The van der Waals surface area contributed by atoms with Gasteiger partial charge in [0.05, 0.1) is 11.4 Å². The van der Waals surface area contributed by atoms with Crippen LogP contribution in [0.4, 0.5) is 25.3 Å². The fourth-order valence-corrected chi connectivity index (χ4v) is 4.62. The summed E-state index contributed by atoms with van der Waals surface area (Å²) in [4.78, 5) is 32.5. The van der Waals surface area contributed by atoms with Crippen molar-refractivity contribution in [3.05, 3.63) is 76.8 Å². The molecule has 0 saturated carbocycles. The number of carbonyl (C=O) groups is 2. The Kier molecular flexibility index (Phi) is 6.93. The van der Waals surface area contributed by atoms with Crippen molar-refractivity contribution in [1.29, 1.82) is 0 Å². The largest absolute Gasteiger partial charge is 0.372 e. The third-order valence-electron chi connectivity index (χ3n) is 5.45. The number of amides is 1. The second-order valence-corrected chi connectivity index (χ2v) is 8.63. The Hall–Kier alpha value is -3.39. The molecule has 1 saturated heterocycles. The first-order valence-corrected chi connectivity index (χ1v) is 11.6. The van der Waals surface area contributed by atoms with Crippen molar-refractivity contribution >= 4 is 45.6 Å². The molecule has 0 N–H and O–H groups in total. The number of thiazole rings is 1. The van der Waals surface area contributed by atoms with Gasteiger partial charge < -0.3 is 4.90 Å². The SMILES string of the molecule is CC(=O)N(c1nc(/C=C/C(=O)c2ccc(N3CCCCC3)cc2)cs1)c1ccc(F)cc1F. The van der Waals surface area contributed by atoms with Crippen LogP contribution in [0.15, 0.2) is 53.9 Å². The van der Waals surface area contributed by atoms with E-state index >= 15 is 0 Å². The van der Waals surface area contributed by atoms with Crippen molar-refractivity contribution in [1.82, 2.24) is 4.98 Å². The van der Waals surface area contributed by atoms with Crippen molar-refractivity contribution in [3.8, 4) is 0 Å². The zero-order valence-corrected chi connectivity index (χ0v) is 18.9.